The Morgan fingerprint density at radius 2 is 1.73 bits per heavy atom. The standard InChI is InChI=1S/C9H20O2/c1-8(9(2,3)4)11-7-6-10-5/h8H,6-7H2,1-5H3/t8-/m0/s1. The molecule has 0 amide bonds. The lowest BCUT2D eigenvalue weighted by atomic mass is 9.90. The lowest BCUT2D eigenvalue weighted by Gasteiger charge is -2.27. The second-order valence-electron chi connectivity index (χ2n) is 3.87. The molecule has 1 atom stereocenters. The van der Waals surface area contributed by atoms with Gasteiger partial charge in [-0.15, -0.1) is 0 Å². The fourth-order valence-corrected chi connectivity index (χ4v) is 0.558. The fourth-order valence-electron chi connectivity index (χ4n) is 0.558. The summed E-state index contributed by atoms with van der Waals surface area (Å²) in [4.78, 5) is 0. The molecule has 0 fully saturated rings. The summed E-state index contributed by atoms with van der Waals surface area (Å²) in [5.74, 6) is 0. The highest BCUT2D eigenvalue weighted by Crippen LogP contribution is 2.21. The molecule has 0 unspecified atom stereocenters. The molecule has 11 heavy (non-hydrogen) atoms. The predicted molar refractivity (Wildman–Crippen MR) is 46.7 cm³/mol. The molecule has 0 aromatic rings. The van der Waals surface area contributed by atoms with Crippen molar-refractivity contribution >= 4 is 0 Å². The van der Waals surface area contributed by atoms with Gasteiger partial charge in [0.1, 0.15) is 0 Å². The molecule has 0 aliphatic rings. The van der Waals surface area contributed by atoms with Crippen LogP contribution < -0.4 is 0 Å². The van der Waals surface area contributed by atoms with Crippen molar-refractivity contribution in [2.45, 2.75) is 33.8 Å². The highest BCUT2D eigenvalue weighted by molar-refractivity contribution is 4.69. The first kappa shape index (κ1) is 10.9. The van der Waals surface area contributed by atoms with Crippen molar-refractivity contribution in [1.82, 2.24) is 0 Å². The number of hydrogen-bond acceptors (Lipinski definition) is 2. The van der Waals surface area contributed by atoms with Crippen LogP contribution in [0.1, 0.15) is 27.7 Å². The van der Waals surface area contributed by atoms with Gasteiger partial charge in [-0.1, -0.05) is 20.8 Å². The third-order valence-corrected chi connectivity index (χ3v) is 1.87. The van der Waals surface area contributed by atoms with Crippen molar-refractivity contribution in [2.75, 3.05) is 20.3 Å². The maximum atomic E-state index is 5.52. The molecule has 0 aromatic heterocycles. The fraction of sp³-hybridized carbons (Fsp3) is 1.00. The summed E-state index contributed by atoms with van der Waals surface area (Å²) in [5.41, 5.74) is 0.230. The molecule has 0 aliphatic carbocycles. The van der Waals surface area contributed by atoms with Crippen LogP contribution in [0.15, 0.2) is 0 Å². The summed E-state index contributed by atoms with van der Waals surface area (Å²) < 4.78 is 10.4. The summed E-state index contributed by atoms with van der Waals surface area (Å²) in [6, 6.07) is 0. The van der Waals surface area contributed by atoms with E-state index in [-0.39, 0.29) is 11.5 Å². The molecular formula is C9H20O2. The molecule has 2 heteroatoms. The summed E-state index contributed by atoms with van der Waals surface area (Å²) in [6.07, 6.45) is 0.289. The zero-order valence-electron chi connectivity index (χ0n) is 8.31. The highest BCUT2D eigenvalue weighted by atomic mass is 16.5. The summed E-state index contributed by atoms with van der Waals surface area (Å²) in [5, 5.41) is 0. The van der Waals surface area contributed by atoms with Crippen LogP contribution in [0.4, 0.5) is 0 Å². The SMILES string of the molecule is COCCO[C@@H](C)C(C)(C)C. The first-order chi connectivity index (χ1) is 4.98. The van der Waals surface area contributed by atoms with Gasteiger partial charge in [-0.05, 0) is 12.3 Å². The van der Waals surface area contributed by atoms with Crippen LogP contribution in [0.2, 0.25) is 0 Å². The van der Waals surface area contributed by atoms with E-state index in [2.05, 4.69) is 27.7 Å². The Kier molecular flexibility index (Phi) is 4.69. The minimum Gasteiger partial charge on any atom is -0.382 e. The van der Waals surface area contributed by atoms with Gasteiger partial charge in [-0.2, -0.15) is 0 Å². The van der Waals surface area contributed by atoms with E-state index in [0.717, 1.165) is 0 Å². The van der Waals surface area contributed by atoms with Crippen LogP contribution in [0, 0.1) is 5.41 Å². The van der Waals surface area contributed by atoms with E-state index in [1.54, 1.807) is 7.11 Å². The van der Waals surface area contributed by atoms with Crippen LogP contribution in [-0.4, -0.2) is 26.4 Å². The van der Waals surface area contributed by atoms with Crippen molar-refractivity contribution in [3.8, 4) is 0 Å². The van der Waals surface area contributed by atoms with E-state index < -0.39 is 0 Å². The molecule has 0 saturated carbocycles. The van der Waals surface area contributed by atoms with E-state index >= 15 is 0 Å². The minimum atomic E-state index is 0.230. The van der Waals surface area contributed by atoms with Gasteiger partial charge in [0.2, 0.25) is 0 Å². The number of methoxy groups -OCH3 is 1. The minimum absolute atomic E-state index is 0.230. The molecule has 0 N–H and O–H groups in total. The number of ether oxygens (including phenoxy) is 2. The number of rotatable bonds is 4. The summed E-state index contributed by atoms with van der Waals surface area (Å²) in [6.45, 7) is 9.98. The average Bonchev–Trinajstić information content (AvgIpc) is 1.86. The van der Waals surface area contributed by atoms with Gasteiger partial charge >= 0.3 is 0 Å². The summed E-state index contributed by atoms with van der Waals surface area (Å²) in [7, 11) is 1.69. The van der Waals surface area contributed by atoms with E-state index in [4.69, 9.17) is 9.47 Å². The van der Waals surface area contributed by atoms with Crippen molar-refractivity contribution < 1.29 is 9.47 Å². The second kappa shape index (κ2) is 4.73. The second-order valence-corrected chi connectivity index (χ2v) is 3.87. The smallest absolute Gasteiger partial charge is 0.0704 e. The van der Waals surface area contributed by atoms with Crippen molar-refractivity contribution in [1.29, 1.82) is 0 Å². The summed E-state index contributed by atoms with van der Waals surface area (Å²) >= 11 is 0. The molecule has 0 spiro atoms. The van der Waals surface area contributed by atoms with Gasteiger partial charge < -0.3 is 9.47 Å². The maximum absolute atomic E-state index is 5.52. The Hall–Kier alpha value is -0.0800. The predicted octanol–water partition coefficient (Wildman–Crippen LogP) is 2.08. The van der Waals surface area contributed by atoms with Gasteiger partial charge in [0.25, 0.3) is 0 Å². The molecular weight excluding hydrogens is 140 g/mol. The molecule has 0 bridgehead atoms. The van der Waals surface area contributed by atoms with Gasteiger partial charge in [-0.25, -0.2) is 0 Å². The quantitative estimate of drug-likeness (QED) is 0.586. The highest BCUT2D eigenvalue weighted by Gasteiger charge is 2.19. The van der Waals surface area contributed by atoms with E-state index in [0.29, 0.717) is 13.2 Å². The Bertz CT molecular complexity index is 94.2. The molecule has 2 nitrogen and oxygen atoms in total. The topological polar surface area (TPSA) is 18.5 Å². The van der Waals surface area contributed by atoms with E-state index in [1.165, 1.54) is 0 Å². The molecule has 0 heterocycles. The first-order valence-electron chi connectivity index (χ1n) is 4.09. The Balaban J connectivity index is 3.44. The van der Waals surface area contributed by atoms with Crippen LogP contribution in [-0.2, 0) is 9.47 Å². The van der Waals surface area contributed by atoms with E-state index in [1.807, 2.05) is 0 Å². The van der Waals surface area contributed by atoms with Gasteiger partial charge in [0.05, 0.1) is 19.3 Å². The van der Waals surface area contributed by atoms with Gasteiger partial charge in [0, 0.05) is 7.11 Å². The van der Waals surface area contributed by atoms with Crippen molar-refractivity contribution in [3.63, 3.8) is 0 Å². The van der Waals surface area contributed by atoms with E-state index in [9.17, 15) is 0 Å². The third kappa shape index (κ3) is 5.22. The molecule has 0 saturated heterocycles. The number of hydrogen-bond donors (Lipinski definition) is 0. The molecule has 68 valence electrons. The van der Waals surface area contributed by atoms with Gasteiger partial charge in [-0.3, -0.25) is 0 Å². The van der Waals surface area contributed by atoms with Crippen molar-refractivity contribution in [3.05, 3.63) is 0 Å². The third-order valence-electron chi connectivity index (χ3n) is 1.87. The maximum Gasteiger partial charge on any atom is 0.0704 e. The van der Waals surface area contributed by atoms with Crippen LogP contribution in [0.25, 0.3) is 0 Å². The lowest BCUT2D eigenvalue weighted by molar-refractivity contribution is -0.0261. The Morgan fingerprint density at radius 3 is 2.09 bits per heavy atom. The molecule has 0 radical (unpaired) electrons. The van der Waals surface area contributed by atoms with Crippen molar-refractivity contribution in [2.24, 2.45) is 5.41 Å². The monoisotopic (exact) mass is 160 g/mol. The largest absolute Gasteiger partial charge is 0.382 e. The van der Waals surface area contributed by atoms with Gasteiger partial charge in [0.15, 0.2) is 0 Å². The normalized spacial score (nSPS) is 15.0. The average molecular weight is 160 g/mol. The zero-order valence-corrected chi connectivity index (χ0v) is 8.31. The van der Waals surface area contributed by atoms with Crippen LogP contribution in [0.5, 0.6) is 0 Å². The molecule has 0 rings (SSSR count). The molecule has 0 aliphatic heterocycles. The Labute approximate surface area is 69.9 Å². The zero-order chi connectivity index (χ0) is 8.91. The Morgan fingerprint density at radius 1 is 1.18 bits per heavy atom. The molecule has 0 aromatic carbocycles. The van der Waals surface area contributed by atoms with Crippen LogP contribution in [0.3, 0.4) is 0 Å². The first-order valence-corrected chi connectivity index (χ1v) is 4.09. The van der Waals surface area contributed by atoms with Crippen LogP contribution >= 0.6 is 0 Å². The lowest BCUT2D eigenvalue weighted by Crippen LogP contribution is -2.27.